The average molecular weight is 1050 g/mol. The van der Waals surface area contributed by atoms with Crippen molar-refractivity contribution >= 4 is 7.32 Å². The highest BCUT2D eigenvalue weighted by molar-refractivity contribution is 6.39. The predicted octanol–water partition coefficient (Wildman–Crippen LogP) is 19.5. The van der Waals surface area contributed by atoms with Crippen molar-refractivity contribution in [3.63, 3.8) is 0 Å². The van der Waals surface area contributed by atoms with Crippen LogP contribution in [-0.4, -0.2) is 31.4 Å². The van der Waals surface area contributed by atoms with E-state index in [0.29, 0.717) is 16.5 Å². The normalized spacial score (nSPS) is 12.8. The van der Waals surface area contributed by atoms with Crippen LogP contribution in [0.3, 0.4) is 0 Å². The van der Waals surface area contributed by atoms with Crippen LogP contribution in [-0.2, 0) is 24.7 Å². The third-order valence-electron chi connectivity index (χ3n) is 12.9. The van der Waals surface area contributed by atoms with E-state index in [0.717, 1.165) is 163 Å². The van der Waals surface area contributed by atoms with E-state index in [1.54, 1.807) is 0 Å². The molecule has 4 aromatic rings. The summed E-state index contributed by atoms with van der Waals surface area (Å²) in [6.07, 6.45) is 2.62. The SMILES string of the molecule is CCCCCCCCCCCCCCCC(c1cc(C(F)(F)F)ccc1OB(Oc1ccc(C(F)(F)F)cc1)Oc1ccc(C(F)(F)F)cc1)[N+](CCCC)(CCCC)CCCC.FC(F)(F)c1cc[c-]cc1. The first kappa shape index (κ1) is 62.8. The van der Waals surface area contributed by atoms with Crippen molar-refractivity contribution in [3.05, 3.63) is 125 Å². The van der Waals surface area contributed by atoms with Gasteiger partial charge in [-0.15, -0.1) is 0 Å². The lowest BCUT2D eigenvalue weighted by Gasteiger charge is -2.46. The van der Waals surface area contributed by atoms with E-state index in [1.165, 1.54) is 69.6 Å². The van der Waals surface area contributed by atoms with E-state index in [4.69, 9.17) is 14.0 Å². The van der Waals surface area contributed by atoms with Crippen molar-refractivity contribution in [3.8, 4) is 17.2 Å². The predicted molar refractivity (Wildman–Crippen MR) is 265 cm³/mol. The summed E-state index contributed by atoms with van der Waals surface area (Å²) in [4.78, 5) is 0. The van der Waals surface area contributed by atoms with Gasteiger partial charge < -0.3 is 18.4 Å². The van der Waals surface area contributed by atoms with E-state index in [-0.39, 0.29) is 17.2 Å². The van der Waals surface area contributed by atoms with Crippen LogP contribution >= 0.6 is 0 Å². The van der Waals surface area contributed by atoms with E-state index >= 15 is 0 Å². The van der Waals surface area contributed by atoms with Crippen molar-refractivity contribution in [1.82, 2.24) is 0 Å². The van der Waals surface area contributed by atoms with Gasteiger partial charge >= 0.3 is 32.0 Å². The van der Waals surface area contributed by atoms with Crippen molar-refractivity contribution in [2.45, 2.75) is 187 Å². The van der Waals surface area contributed by atoms with Crippen molar-refractivity contribution in [2.75, 3.05) is 19.6 Å². The van der Waals surface area contributed by atoms with E-state index in [2.05, 4.69) is 33.8 Å². The molecule has 0 aliphatic heterocycles. The maximum absolute atomic E-state index is 14.7. The fourth-order valence-electron chi connectivity index (χ4n) is 8.81. The minimum absolute atomic E-state index is 0.0264. The second kappa shape index (κ2) is 31.4. The maximum atomic E-state index is 14.7. The number of quaternary nitrogens is 1. The van der Waals surface area contributed by atoms with Crippen molar-refractivity contribution < 1.29 is 71.1 Å². The number of nitrogens with zero attached hydrogens (tertiary/aromatic N) is 1. The number of hydrogen-bond donors (Lipinski definition) is 0. The topological polar surface area (TPSA) is 27.7 Å². The Bertz CT molecular complexity index is 2000. The molecule has 1 atom stereocenters. The molecular weight excluding hydrogens is 973 g/mol. The largest absolute Gasteiger partial charge is 0.864 e. The monoisotopic (exact) mass is 1050 g/mol. The Labute approximate surface area is 426 Å². The molecule has 4 rings (SSSR count). The second-order valence-corrected chi connectivity index (χ2v) is 18.7. The number of halogens is 12. The molecule has 0 aliphatic rings. The second-order valence-electron chi connectivity index (χ2n) is 18.7. The summed E-state index contributed by atoms with van der Waals surface area (Å²) in [6.45, 7) is 10.7. The minimum atomic E-state index is -4.69. The molecular formula is C56H74BF12NO3. The summed E-state index contributed by atoms with van der Waals surface area (Å²) in [5.41, 5.74) is -3.08. The quantitative estimate of drug-likeness (QED) is 0.0165. The summed E-state index contributed by atoms with van der Waals surface area (Å²) < 4.78 is 179. The molecule has 0 fully saturated rings. The molecule has 17 heteroatoms. The zero-order valence-electron chi connectivity index (χ0n) is 42.8. The van der Waals surface area contributed by atoms with E-state index < -0.39 is 60.3 Å². The van der Waals surface area contributed by atoms with Gasteiger partial charge in [-0.2, -0.15) is 83.0 Å². The van der Waals surface area contributed by atoms with Gasteiger partial charge in [-0.3, -0.25) is 0 Å². The van der Waals surface area contributed by atoms with Gasteiger partial charge in [0, 0.05) is 6.42 Å². The first-order chi connectivity index (χ1) is 34.6. The third kappa shape index (κ3) is 22.9. The first-order valence-electron chi connectivity index (χ1n) is 26.0. The highest BCUT2D eigenvalue weighted by Crippen LogP contribution is 2.44. The molecule has 0 radical (unpaired) electrons. The molecule has 0 aliphatic carbocycles. The fraction of sp³-hybridized carbons (Fsp3) is 0.571. The highest BCUT2D eigenvalue weighted by atomic mass is 19.4. The van der Waals surface area contributed by atoms with Crippen LogP contribution in [0, 0.1) is 6.07 Å². The highest BCUT2D eigenvalue weighted by Gasteiger charge is 2.42. The smallest absolute Gasteiger partial charge is 0.490 e. The molecule has 0 heterocycles. The molecule has 73 heavy (non-hydrogen) atoms. The summed E-state index contributed by atoms with van der Waals surface area (Å²) in [5.74, 6) is -0.231. The van der Waals surface area contributed by atoms with Crippen LogP contribution in [0.4, 0.5) is 52.7 Å². The number of benzene rings is 4. The van der Waals surface area contributed by atoms with Crippen LogP contribution in [0.1, 0.15) is 190 Å². The van der Waals surface area contributed by atoms with E-state index in [9.17, 15) is 52.7 Å². The van der Waals surface area contributed by atoms with Gasteiger partial charge in [0.2, 0.25) is 0 Å². The molecule has 0 bridgehead atoms. The molecule has 0 N–H and O–H groups in total. The van der Waals surface area contributed by atoms with Crippen LogP contribution in [0.15, 0.2) is 91.0 Å². The minimum Gasteiger partial charge on any atom is -0.490 e. The number of hydrogen-bond acceptors (Lipinski definition) is 3. The molecule has 4 aromatic carbocycles. The third-order valence-corrected chi connectivity index (χ3v) is 12.9. The molecule has 0 aromatic heterocycles. The molecule has 4 nitrogen and oxygen atoms in total. The van der Waals surface area contributed by atoms with E-state index in [1.807, 2.05) is 0 Å². The first-order valence-corrected chi connectivity index (χ1v) is 26.0. The Hall–Kier alpha value is -4.54. The van der Waals surface area contributed by atoms with Crippen LogP contribution in [0.2, 0.25) is 0 Å². The van der Waals surface area contributed by atoms with Crippen LogP contribution in [0.25, 0.3) is 0 Å². The molecule has 1 unspecified atom stereocenters. The zero-order valence-corrected chi connectivity index (χ0v) is 42.8. The van der Waals surface area contributed by atoms with Gasteiger partial charge in [0.1, 0.15) is 23.3 Å². The van der Waals surface area contributed by atoms with Crippen LogP contribution < -0.4 is 14.0 Å². The van der Waals surface area contributed by atoms with Gasteiger partial charge in [-0.05, 0) is 92.4 Å². The summed E-state index contributed by atoms with van der Waals surface area (Å²) in [5, 5.41) is 0. The van der Waals surface area contributed by atoms with Gasteiger partial charge in [0.05, 0.1) is 41.9 Å². The Balaban J connectivity index is 0.00000125. The number of rotatable bonds is 31. The van der Waals surface area contributed by atoms with Gasteiger partial charge in [-0.25, -0.2) is 0 Å². The molecule has 0 saturated heterocycles. The summed E-state index contributed by atoms with van der Waals surface area (Å²) in [6, 6.07) is 17.1. The van der Waals surface area contributed by atoms with Gasteiger partial charge in [0.25, 0.3) is 0 Å². The van der Waals surface area contributed by atoms with Gasteiger partial charge in [0.15, 0.2) is 0 Å². The summed E-state index contributed by atoms with van der Waals surface area (Å²) in [7, 11) is -1.82. The van der Waals surface area contributed by atoms with Crippen molar-refractivity contribution in [1.29, 1.82) is 0 Å². The molecule has 0 spiro atoms. The molecule has 0 saturated carbocycles. The Morgan fingerprint density at radius 3 is 1.11 bits per heavy atom. The fourth-order valence-corrected chi connectivity index (χ4v) is 8.81. The van der Waals surface area contributed by atoms with Gasteiger partial charge in [-0.1, -0.05) is 130 Å². The Morgan fingerprint density at radius 1 is 0.411 bits per heavy atom. The lowest BCUT2D eigenvalue weighted by molar-refractivity contribution is -0.958. The Kier molecular flexibility index (Phi) is 27.0. The molecule has 408 valence electrons. The Morgan fingerprint density at radius 2 is 0.753 bits per heavy atom. The molecule has 0 amide bonds. The van der Waals surface area contributed by atoms with Crippen molar-refractivity contribution in [2.24, 2.45) is 0 Å². The summed E-state index contributed by atoms with van der Waals surface area (Å²) >= 11 is 0. The average Bonchev–Trinajstić information content (AvgIpc) is 3.34. The zero-order chi connectivity index (χ0) is 54.0. The van der Waals surface area contributed by atoms with Crippen LogP contribution in [0.5, 0.6) is 17.2 Å². The lowest BCUT2D eigenvalue weighted by Crippen LogP contribution is -2.53. The number of unbranched alkanes of at least 4 members (excludes halogenated alkanes) is 15. The maximum Gasteiger partial charge on any atom is 0.864 e. The number of alkyl halides is 12. The standard InChI is InChI=1S/C49H70BF9NO3.C7H4F3/c1-5-9-13-14-15-16-17-18-19-20-21-22-23-24-45(60(35-10-6-2,36-11-7-3)37-12-8-4)44-38-41(49(57,58)59)29-34-46(44)63-50(61-42-30-25-39(26-31-42)47(51,52)53)62-43-32-27-40(28-33-43)48(54,55)56;8-7(9,10)6-4-2-1-3-5-6/h25-34,38,45H,5-24,35-37H2,1-4H3;2-5H/q+1;-1. The lowest BCUT2D eigenvalue weighted by atomic mass is 9.91.